The highest BCUT2D eigenvalue weighted by atomic mass is 32.2. The van der Waals surface area contributed by atoms with Crippen LogP contribution in [-0.4, -0.2) is 8.42 Å². The molecule has 1 aliphatic heterocycles. The monoisotopic (exact) mass is 446 g/mol. The van der Waals surface area contributed by atoms with Crippen LogP contribution in [-0.2, 0) is 15.9 Å². The number of halogens is 1. The van der Waals surface area contributed by atoms with Gasteiger partial charge in [0.15, 0.2) is 0 Å². The van der Waals surface area contributed by atoms with Crippen LogP contribution in [0.5, 0.6) is 11.5 Å². The minimum Gasteiger partial charge on any atom is -0.422 e. The Hall–Kier alpha value is -3.64. The smallest absolute Gasteiger partial charge is 0.422 e. The van der Waals surface area contributed by atoms with E-state index in [-0.39, 0.29) is 15.4 Å². The largest absolute Gasteiger partial charge is 0.437 e. The topological polar surface area (TPSA) is 52.6 Å². The van der Waals surface area contributed by atoms with Crippen LogP contribution in [0, 0.1) is 6.92 Å². The molecule has 4 nitrogen and oxygen atoms in total. The van der Waals surface area contributed by atoms with Crippen molar-refractivity contribution in [3.63, 3.8) is 0 Å². The van der Waals surface area contributed by atoms with Gasteiger partial charge in [0.25, 0.3) is 0 Å². The van der Waals surface area contributed by atoms with E-state index in [9.17, 15) is 8.42 Å². The van der Waals surface area contributed by atoms with Crippen molar-refractivity contribution in [1.82, 2.24) is 0 Å². The Labute approximate surface area is 185 Å². The van der Waals surface area contributed by atoms with Crippen molar-refractivity contribution >= 4 is 9.84 Å². The summed E-state index contributed by atoms with van der Waals surface area (Å²) in [6.45, 7) is 1.88. The summed E-state index contributed by atoms with van der Waals surface area (Å²) in [5.41, 5.74) is 2.43. The number of benzene rings is 4. The average Bonchev–Trinajstić information content (AvgIpc) is 2.93. The maximum atomic E-state index is 16.1. The minimum atomic E-state index is -3.73. The molecule has 0 radical (unpaired) electrons. The van der Waals surface area contributed by atoms with E-state index in [0.717, 1.165) is 5.56 Å². The molecule has 1 heterocycles. The summed E-state index contributed by atoms with van der Waals surface area (Å²) in [6.07, 6.45) is 0. The quantitative estimate of drug-likeness (QED) is 0.385. The summed E-state index contributed by atoms with van der Waals surface area (Å²) >= 11 is 0. The van der Waals surface area contributed by atoms with Crippen LogP contribution in [0.3, 0.4) is 0 Å². The highest BCUT2D eigenvalue weighted by molar-refractivity contribution is 7.91. The van der Waals surface area contributed by atoms with Gasteiger partial charge in [0.2, 0.25) is 9.84 Å². The first-order valence-electron chi connectivity index (χ1n) is 10.0. The van der Waals surface area contributed by atoms with Crippen molar-refractivity contribution in [2.24, 2.45) is 0 Å². The second-order valence-corrected chi connectivity index (χ2v) is 9.52. The highest BCUT2D eigenvalue weighted by Gasteiger charge is 2.41. The fourth-order valence-corrected chi connectivity index (χ4v) is 4.93. The maximum Gasteiger partial charge on any atom is 0.437 e. The number of hydrogen-bond donors (Lipinski definition) is 0. The van der Waals surface area contributed by atoms with E-state index in [1.54, 1.807) is 48.5 Å². The lowest BCUT2D eigenvalue weighted by Gasteiger charge is -2.25. The lowest BCUT2D eigenvalue weighted by Crippen LogP contribution is -2.34. The lowest BCUT2D eigenvalue weighted by molar-refractivity contribution is -0.224. The number of aryl methyl sites for hydroxylation is 1. The van der Waals surface area contributed by atoms with E-state index in [1.165, 1.54) is 24.3 Å². The number of para-hydroxylation sites is 2. The zero-order valence-electron chi connectivity index (χ0n) is 17.2. The number of alkyl halides is 1. The van der Waals surface area contributed by atoms with Gasteiger partial charge >= 0.3 is 6.04 Å². The first-order valence-corrected chi connectivity index (χ1v) is 11.5. The van der Waals surface area contributed by atoms with Crippen LogP contribution < -0.4 is 9.47 Å². The minimum absolute atomic E-state index is 0.0480. The van der Waals surface area contributed by atoms with Gasteiger partial charge in [0.05, 0.1) is 15.4 Å². The van der Waals surface area contributed by atoms with Crippen LogP contribution in [0.25, 0.3) is 11.1 Å². The Balaban J connectivity index is 1.55. The number of rotatable bonds is 3. The maximum absolute atomic E-state index is 16.1. The molecule has 0 aliphatic carbocycles. The van der Waals surface area contributed by atoms with Crippen LogP contribution in [0.1, 0.15) is 11.1 Å². The lowest BCUT2D eigenvalue weighted by atomic mass is 10.0. The zero-order chi connectivity index (χ0) is 22.3. The van der Waals surface area contributed by atoms with Crippen LogP contribution >= 0.6 is 0 Å². The second-order valence-electron chi connectivity index (χ2n) is 7.57. The van der Waals surface area contributed by atoms with E-state index in [0.29, 0.717) is 22.6 Å². The molecule has 5 rings (SSSR count). The Morgan fingerprint density at radius 2 is 1.09 bits per heavy atom. The zero-order valence-corrected chi connectivity index (χ0v) is 18.0. The highest BCUT2D eigenvalue weighted by Crippen LogP contribution is 2.45. The van der Waals surface area contributed by atoms with Gasteiger partial charge in [-0.3, -0.25) is 0 Å². The average molecular weight is 446 g/mol. The number of fused-ring (bicyclic) bond motifs is 3. The molecule has 0 unspecified atom stereocenters. The third-order valence-electron chi connectivity index (χ3n) is 5.39. The standard InChI is InChI=1S/C26H19FO4S/c1-18-10-14-20(15-11-18)32(28,29)21-16-12-19(13-17-21)26(27)30-24-8-4-2-6-22(24)23-7-3-5-9-25(23)31-26/h2-17H,1H3. The predicted octanol–water partition coefficient (Wildman–Crippen LogP) is 6.05. The molecule has 4 aromatic carbocycles. The third kappa shape index (κ3) is 3.42. The number of ether oxygens (including phenoxy) is 2. The Kier molecular flexibility index (Phi) is 4.75. The number of hydrogen-bond acceptors (Lipinski definition) is 4. The molecule has 0 fully saturated rings. The first-order chi connectivity index (χ1) is 15.4. The van der Waals surface area contributed by atoms with Crippen molar-refractivity contribution in [3.05, 3.63) is 108 Å². The molecular formula is C26H19FO4S. The molecule has 1 aliphatic rings. The molecule has 0 aromatic heterocycles. The molecule has 0 saturated heterocycles. The predicted molar refractivity (Wildman–Crippen MR) is 119 cm³/mol. The van der Waals surface area contributed by atoms with E-state index in [2.05, 4.69) is 0 Å². The van der Waals surface area contributed by atoms with E-state index in [4.69, 9.17) is 9.47 Å². The van der Waals surface area contributed by atoms with Gasteiger partial charge in [-0.05, 0) is 55.5 Å². The van der Waals surface area contributed by atoms with Gasteiger partial charge in [-0.25, -0.2) is 8.42 Å². The van der Waals surface area contributed by atoms with Gasteiger partial charge in [-0.2, -0.15) is 4.39 Å². The van der Waals surface area contributed by atoms with Crippen molar-refractivity contribution < 1.29 is 22.3 Å². The van der Waals surface area contributed by atoms with E-state index in [1.807, 2.05) is 31.2 Å². The fourth-order valence-electron chi connectivity index (χ4n) is 3.66. The summed E-state index contributed by atoms with van der Waals surface area (Å²) < 4.78 is 53.4. The van der Waals surface area contributed by atoms with Gasteiger partial charge in [-0.15, -0.1) is 0 Å². The molecule has 6 heteroatoms. The molecule has 0 amide bonds. The Morgan fingerprint density at radius 1 is 0.656 bits per heavy atom. The van der Waals surface area contributed by atoms with E-state index >= 15 is 4.39 Å². The van der Waals surface area contributed by atoms with Crippen LogP contribution in [0.15, 0.2) is 107 Å². The third-order valence-corrected chi connectivity index (χ3v) is 7.17. The van der Waals surface area contributed by atoms with Crippen LogP contribution in [0.2, 0.25) is 0 Å². The van der Waals surface area contributed by atoms with Gasteiger partial charge in [0, 0.05) is 11.1 Å². The number of sulfone groups is 1. The molecule has 0 atom stereocenters. The Morgan fingerprint density at radius 3 is 1.59 bits per heavy atom. The van der Waals surface area contributed by atoms with Crippen LogP contribution in [0.4, 0.5) is 4.39 Å². The fraction of sp³-hybridized carbons (Fsp3) is 0.0769. The summed E-state index contributed by atoms with van der Waals surface area (Å²) in [4.78, 5) is 0.235. The van der Waals surface area contributed by atoms with Gasteiger partial charge < -0.3 is 9.47 Å². The van der Waals surface area contributed by atoms with Crippen molar-refractivity contribution in [1.29, 1.82) is 0 Å². The summed E-state index contributed by atoms with van der Waals surface area (Å²) in [5, 5.41) is 0. The summed E-state index contributed by atoms with van der Waals surface area (Å²) in [6, 6.07) is 23.6. The summed E-state index contributed by atoms with van der Waals surface area (Å²) in [5.74, 6) is 0.660. The van der Waals surface area contributed by atoms with E-state index < -0.39 is 15.9 Å². The molecule has 0 bridgehead atoms. The van der Waals surface area contributed by atoms with Crippen molar-refractivity contribution in [2.75, 3.05) is 0 Å². The molecule has 0 spiro atoms. The normalized spacial score (nSPS) is 14.3. The molecule has 4 aromatic rings. The van der Waals surface area contributed by atoms with Gasteiger partial charge in [0.1, 0.15) is 11.5 Å². The molecule has 32 heavy (non-hydrogen) atoms. The molecule has 160 valence electrons. The molecular weight excluding hydrogens is 427 g/mol. The molecule has 0 N–H and O–H groups in total. The molecule has 0 saturated carbocycles. The first kappa shape index (κ1) is 20.3. The van der Waals surface area contributed by atoms with Crippen molar-refractivity contribution in [3.8, 4) is 22.6 Å². The van der Waals surface area contributed by atoms with Gasteiger partial charge in [-0.1, -0.05) is 54.1 Å². The summed E-state index contributed by atoms with van der Waals surface area (Å²) in [7, 11) is -3.73. The SMILES string of the molecule is Cc1ccc(S(=O)(=O)c2ccc(C3(F)Oc4ccccc4-c4ccccc4O3)cc2)cc1. The Bertz CT molecular complexity index is 1350. The van der Waals surface area contributed by atoms with Crippen molar-refractivity contribution in [2.45, 2.75) is 22.8 Å². The second kappa shape index (κ2) is 7.50.